The van der Waals surface area contributed by atoms with Crippen LogP contribution in [0.5, 0.6) is 0 Å². The number of carbonyl (C=O) groups excluding carboxylic acids is 1. The lowest BCUT2D eigenvalue weighted by atomic mass is 9.71. The third-order valence-corrected chi connectivity index (χ3v) is 9.24. The van der Waals surface area contributed by atoms with E-state index in [1.54, 1.807) is 0 Å². The summed E-state index contributed by atoms with van der Waals surface area (Å²) in [7, 11) is 0. The summed E-state index contributed by atoms with van der Waals surface area (Å²) in [5.74, 6) is -0.0130. The van der Waals surface area contributed by atoms with Crippen LogP contribution < -0.4 is 10.4 Å². The van der Waals surface area contributed by atoms with Crippen LogP contribution in [-0.4, -0.2) is 30.4 Å². The summed E-state index contributed by atoms with van der Waals surface area (Å²) in [6.45, 7) is 2.26. The predicted octanol–water partition coefficient (Wildman–Crippen LogP) is 7.79. The Hall–Kier alpha value is -5.18. The first kappa shape index (κ1) is 29.9. The molecule has 5 heteroatoms. The van der Waals surface area contributed by atoms with Crippen LogP contribution in [0.4, 0.5) is 11.4 Å². The zero-order valence-corrected chi connectivity index (χ0v) is 25.4. The molecule has 0 bridgehead atoms. The van der Waals surface area contributed by atoms with Crippen LogP contribution in [0.2, 0.25) is 0 Å². The minimum absolute atomic E-state index is 0.0130. The van der Waals surface area contributed by atoms with Gasteiger partial charge in [-0.05, 0) is 73.3 Å². The van der Waals surface area contributed by atoms with E-state index in [-0.39, 0.29) is 5.91 Å². The second kappa shape index (κ2) is 13.6. The number of nitriles is 1. The van der Waals surface area contributed by atoms with Gasteiger partial charge in [0, 0.05) is 6.54 Å². The smallest absolute Gasteiger partial charge is 0.249 e. The van der Waals surface area contributed by atoms with Gasteiger partial charge >= 0.3 is 0 Å². The molecule has 224 valence electrons. The molecular weight excluding hydrogens is 552 g/mol. The van der Waals surface area contributed by atoms with E-state index in [1.165, 1.54) is 0 Å². The van der Waals surface area contributed by atoms with Gasteiger partial charge in [0.05, 0.1) is 22.9 Å². The molecule has 1 N–H and O–H groups in total. The molecule has 1 aliphatic rings. The highest BCUT2D eigenvalue weighted by Gasteiger charge is 2.44. The first-order valence-electron chi connectivity index (χ1n) is 15.7. The van der Waals surface area contributed by atoms with Gasteiger partial charge in [-0.25, -0.2) is 0 Å². The highest BCUT2D eigenvalue weighted by Crippen LogP contribution is 2.39. The number of nitrogens with zero attached hydrogens (tertiary/aromatic N) is 3. The van der Waals surface area contributed by atoms with Crippen molar-refractivity contribution >= 4 is 17.3 Å². The lowest BCUT2D eigenvalue weighted by Gasteiger charge is -2.43. The molecule has 1 saturated heterocycles. The molecular formula is C40H38N4O. The second-order valence-corrected chi connectivity index (χ2v) is 11.7. The predicted molar refractivity (Wildman–Crippen MR) is 181 cm³/mol. The van der Waals surface area contributed by atoms with Gasteiger partial charge in [-0.2, -0.15) is 5.26 Å². The topological polar surface area (TPSA) is 59.4 Å². The van der Waals surface area contributed by atoms with Crippen LogP contribution in [0.1, 0.15) is 36.0 Å². The summed E-state index contributed by atoms with van der Waals surface area (Å²) in [4.78, 5) is 16.9. The van der Waals surface area contributed by atoms with Crippen molar-refractivity contribution in [1.29, 1.82) is 5.26 Å². The third-order valence-electron chi connectivity index (χ3n) is 9.24. The zero-order valence-electron chi connectivity index (χ0n) is 25.4. The Morgan fingerprint density at radius 1 is 0.689 bits per heavy atom. The van der Waals surface area contributed by atoms with Gasteiger partial charge in [0.2, 0.25) is 5.91 Å². The molecule has 0 spiro atoms. The Kier molecular flexibility index (Phi) is 9.05. The molecule has 0 radical (unpaired) electrons. The zero-order chi connectivity index (χ0) is 31.0. The third kappa shape index (κ3) is 6.24. The fraction of sp³-hybridized carbons (Fsp3) is 0.200. The first-order chi connectivity index (χ1) is 22.1. The number of rotatable bonds is 10. The maximum atomic E-state index is 14.5. The molecule has 0 atom stereocenters. The minimum atomic E-state index is -0.750. The van der Waals surface area contributed by atoms with E-state index in [9.17, 15) is 10.1 Å². The van der Waals surface area contributed by atoms with Gasteiger partial charge in [-0.3, -0.25) is 15.2 Å². The number of anilines is 2. The maximum absolute atomic E-state index is 14.5. The second-order valence-electron chi connectivity index (χ2n) is 11.7. The first-order valence-corrected chi connectivity index (χ1v) is 15.7. The monoisotopic (exact) mass is 590 g/mol. The Labute approximate surface area is 266 Å². The summed E-state index contributed by atoms with van der Waals surface area (Å²) in [6.07, 6.45) is 2.02. The summed E-state index contributed by atoms with van der Waals surface area (Å²) >= 11 is 0. The molecule has 1 aliphatic heterocycles. The standard InChI is InChI=1S/C40H38N4O/c41-32-40(34-18-8-2-9-19-34,35-20-10-3-11-21-35)28-31-43-29-26-39(27-30-43,33-16-6-1-7-17-33)38(45)42-44(36-22-12-4-13-23-36)37-24-14-5-15-25-37/h1-25H,26-31H2,(H,42,45). The van der Waals surface area contributed by atoms with Crippen LogP contribution in [0, 0.1) is 11.3 Å². The molecule has 5 aromatic carbocycles. The fourth-order valence-electron chi connectivity index (χ4n) is 6.61. The summed E-state index contributed by atoms with van der Waals surface area (Å²) in [5, 5.41) is 12.6. The Morgan fingerprint density at radius 2 is 1.11 bits per heavy atom. The number of nitrogens with one attached hydrogen (secondary N) is 1. The molecule has 1 amide bonds. The van der Waals surface area contributed by atoms with Crippen LogP contribution in [0.25, 0.3) is 0 Å². The number of hydrogen-bond acceptors (Lipinski definition) is 4. The molecule has 6 rings (SSSR count). The van der Waals surface area contributed by atoms with Crippen molar-refractivity contribution in [2.45, 2.75) is 30.1 Å². The Balaban J connectivity index is 1.24. The SMILES string of the molecule is N#CC(CCN1CCC(C(=O)NN(c2ccccc2)c2ccccc2)(c2ccccc2)CC1)(c1ccccc1)c1ccccc1. The van der Waals surface area contributed by atoms with Crippen LogP contribution >= 0.6 is 0 Å². The number of hydrazine groups is 1. The molecule has 45 heavy (non-hydrogen) atoms. The number of likely N-dealkylation sites (tertiary alicyclic amines) is 1. The molecule has 0 aliphatic carbocycles. The average molecular weight is 591 g/mol. The number of piperidine rings is 1. The number of carbonyl (C=O) groups is 1. The number of hydrogen-bond donors (Lipinski definition) is 1. The molecule has 0 aromatic heterocycles. The quantitative estimate of drug-likeness (QED) is 0.169. The summed E-state index contributed by atoms with van der Waals surface area (Å²) in [5.41, 5.74) is 6.72. The van der Waals surface area contributed by atoms with Crippen LogP contribution in [0.15, 0.2) is 152 Å². The average Bonchev–Trinajstić information content (AvgIpc) is 3.13. The molecule has 0 saturated carbocycles. The van der Waals surface area contributed by atoms with E-state index < -0.39 is 10.8 Å². The largest absolute Gasteiger partial charge is 0.303 e. The number of benzene rings is 5. The van der Waals surface area contributed by atoms with E-state index in [1.807, 2.05) is 120 Å². The fourth-order valence-corrected chi connectivity index (χ4v) is 6.61. The van der Waals surface area contributed by atoms with Crippen LogP contribution in [-0.2, 0) is 15.6 Å². The Morgan fingerprint density at radius 3 is 1.56 bits per heavy atom. The van der Waals surface area contributed by atoms with E-state index in [2.05, 4.69) is 52.8 Å². The number of amides is 1. The van der Waals surface area contributed by atoms with Crippen molar-refractivity contribution in [2.24, 2.45) is 0 Å². The normalized spacial score (nSPS) is 14.6. The van der Waals surface area contributed by atoms with Crippen LogP contribution in [0.3, 0.4) is 0 Å². The number of para-hydroxylation sites is 2. The van der Waals surface area contributed by atoms with Gasteiger partial charge in [0.15, 0.2) is 0 Å². The van der Waals surface area contributed by atoms with E-state index in [0.717, 1.165) is 47.7 Å². The lowest BCUT2D eigenvalue weighted by Crippen LogP contribution is -2.55. The van der Waals surface area contributed by atoms with Crippen molar-refractivity contribution in [1.82, 2.24) is 10.3 Å². The highest BCUT2D eigenvalue weighted by atomic mass is 16.2. The van der Waals surface area contributed by atoms with Crippen molar-refractivity contribution in [3.8, 4) is 6.07 Å². The molecule has 5 nitrogen and oxygen atoms in total. The molecule has 0 unspecified atom stereocenters. The van der Waals surface area contributed by atoms with E-state index in [0.29, 0.717) is 19.3 Å². The maximum Gasteiger partial charge on any atom is 0.249 e. The van der Waals surface area contributed by atoms with Gasteiger partial charge in [0.25, 0.3) is 0 Å². The molecule has 5 aromatic rings. The molecule has 1 heterocycles. The summed E-state index contributed by atoms with van der Waals surface area (Å²) < 4.78 is 0. The van der Waals surface area contributed by atoms with Crippen molar-refractivity contribution < 1.29 is 4.79 Å². The van der Waals surface area contributed by atoms with E-state index >= 15 is 0 Å². The van der Waals surface area contributed by atoms with E-state index in [4.69, 9.17) is 0 Å². The van der Waals surface area contributed by atoms with Gasteiger partial charge in [-0.15, -0.1) is 0 Å². The minimum Gasteiger partial charge on any atom is -0.303 e. The summed E-state index contributed by atoms with van der Waals surface area (Å²) in [6, 6.07) is 53.0. The van der Waals surface area contributed by atoms with Gasteiger partial charge in [0.1, 0.15) is 5.41 Å². The van der Waals surface area contributed by atoms with Crippen molar-refractivity contribution in [3.63, 3.8) is 0 Å². The molecule has 1 fully saturated rings. The highest BCUT2D eigenvalue weighted by molar-refractivity contribution is 5.91. The van der Waals surface area contributed by atoms with Crippen molar-refractivity contribution in [3.05, 3.63) is 168 Å². The Bertz CT molecular complexity index is 1620. The van der Waals surface area contributed by atoms with Gasteiger partial charge < -0.3 is 4.90 Å². The van der Waals surface area contributed by atoms with Crippen molar-refractivity contribution in [2.75, 3.05) is 24.6 Å². The van der Waals surface area contributed by atoms with Gasteiger partial charge in [-0.1, -0.05) is 127 Å². The lowest BCUT2D eigenvalue weighted by molar-refractivity contribution is -0.128.